The van der Waals surface area contributed by atoms with Gasteiger partial charge >= 0.3 is 11.9 Å². The first-order valence-corrected chi connectivity index (χ1v) is 6.82. The monoisotopic (exact) mass is 326 g/mol. The number of hydrogen-bond acceptors (Lipinski definition) is 6. The Kier molecular flexibility index (Phi) is 5.62. The molecule has 4 N–H and O–H groups in total. The smallest absolute Gasteiger partial charge is 0.358 e. The zero-order valence-electron chi connectivity index (χ0n) is 12.4. The molecule has 0 aromatic heterocycles. The third kappa shape index (κ3) is 4.67. The standard InChI is InChI=1S/C16H14N4O4/c21-15(22)13(19-17-11-7-3-1-4-8-11)14(16(23)24)20-18-12-9-5-2-6-10-12/h1-10,17-18H,(H,21,22)(H,23,24)/b19-13+,20-14+. The molecule has 8 heteroatoms. The summed E-state index contributed by atoms with van der Waals surface area (Å²) >= 11 is 0. The molecule has 0 saturated carbocycles. The number of carboxylic acids is 2. The predicted octanol–water partition coefficient (Wildman–Crippen LogP) is 2.09. The summed E-state index contributed by atoms with van der Waals surface area (Å²) in [7, 11) is 0. The average Bonchev–Trinajstić information content (AvgIpc) is 2.59. The first-order chi connectivity index (χ1) is 11.6. The number of carbonyl (C=O) groups is 2. The Hall–Kier alpha value is -3.68. The van der Waals surface area contributed by atoms with Crippen molar-refractivity contribution >= 4 is 34.7 Å². The van der Waals surface area contributed by atoms with E-state index in [1.165, 1.54) is 0 Å². The fourth-order valence-electron chi connectivity index (χ4n) is 1.67. The second kappa shape index (κ2) is 8.08. The summed E-state index contributed by atoms with van der Waals surface area (Å²) in [4.78, 5) is 22.7. The minimum Gasteiger partial charge on any atom is -0.476 e. The van der Waals surface area contributed by atoms with Crippen LogP contribution >= 0.6 is 0 Å². The molecule has 0 unspecified atom stereocenters. The van der Waals surface area contributed by atoms with Crippen LogP contribution in [0.5, 0.6) is 0 Å². The van der Waals surface area contributed by atoms with E-state index >= 15 is 0 Å². The average molecular weight is 326 g/mol. The van der Waals surface area contributed by atoms with Crippen molar-refractivity contribution in [3.8, 4) is 0 Å². The molecule has 0 spiro atoms. The summed E-state index contributed by atoms with van der Waals surface area (Å²) in [5.74, 6) is -3.04. The largest absolute Gasteiger partial charge is 0.476 e. The molecule has 2 aromatic rings. The van der Waals surface area contributed by atoms with Crippen molar-refractivity contribution in [3.05, 3.63) is 60.7 Å². The molecule has 0 heterocycles. The number of benzene rings is 2. The summed E-state index contributed by atoms with van der Waals surface area (Å²) in [6.45, 7) is 0. The second-order valence-corrected chi connectivity index (χ2v) is 4.49. The maximum absolute atomic E-state index is 11.3. The number of para-hydroxylation sites is 2. The van der Waals surface area contributed by atoms with E-state index in [1.54, 1.807) is 60.7 Å². The van der Waals surface area contributed by atoms with Gasteiger partial charge in [-0.25, -0.2) is 9.59 Å². The minimum atomic E-state index is -1.52. The summed E-state index contributed by atoms with van der Waals surface area (Å²) in [6, 6.07) is 17.1. The maximum atomic E-state index is 11.3. The lowest BCUT2D eigenvalue weighted by Crippen LogP contribution is -2.32. The highest BCUT2D eigenvalue weighted by Gasteiger charge is 2.24. The predicted molar refractivity (Wildman–Crippen MR) is 90.3 cm³/mol. The summed E-state index contributed by atoms with van der Waals surface area (Å²) in [5, 5.41) is 25.7. The van der Waals surface area contributed by atoms with Crippen molar-refractivity contribution in [1.82, 2.24) is 0 Å². The van der Waals surface area contributed by atoms with Crippen molar-refractivity contribution in [2.45, 2.75) is 0 Å². The summed E-state index contributed by atoms with van der Waals surface area (Å²) < 4.78 is 0. The lowest BCUT2D eigenvalue weighted by Gasteiger charge is -2.05. The molecule has 122 valence electrons. The van der Waals surface area contributed by atoms with Crippen LogP contribution in [0.4, 0.5) is 11.4 Å². The van der Waals surface area contributed by atoms with E-state index in [4.69, 9.17) is 0 Å². The molecule has 0 aliphatic carbocycles. The number of hydrazone groups is 2. The van der Waals surface area contributed by atoms with Gasteiger partial charge in [0.05, 0.1) is 11.4 Å². The third-order valence-corrected chi connectivity index (χ3v) is 2.77. The fraction of sp³-hybridized carbons (Fsp3) is 0. The maximum Gasteiger partial charge on any atom is 0.358 e. The van der Waals surface area contributed by atoms with Crippen LogP contribution in [0.1, 0.15) is 0 Å². The molecule has 0 radical (unpaired) electrons. The number of rotatable bonds is 7. The molecule has 2 rings (SSSR count). The second-order valence-electron chi connectivity index (χ2n) is 4.49. The van der Waals surface area contributed by atoms with Crippen LogP contribution in [0.15, 0.2) is 70.9 Å². The zero-order valence-corrected chi connectivity index (χ0v) is 12.4. The van der Waals surface area contributed by atoms with Gasteiger partial charge in [0.25, 0.3) is 0 Å². The van der Waals surface area contributed by atoms with Crippen LogP contribution < -0.4 is 10.9 Å². The van der Waals surface area contributed by atoms with Gasteiger partial charge in [-0.05, 0) is 24.3 Å². The zero-order chi connectivity index (χ0) is 17.4. The van der Waals surface area contributed by atoms with Crippen molar-refractivity contribution in [2.75, 3.05) is 10.9 Å². The van der Waals surface area contributed by atoms with Crippen LogP contribution in [0.3, 0.4) is 0 Å². The van der Waals surface area contributed by atoms with Gasteiger partial charge in [-0.15, -0.1) is 0 Å². The molecule has 0 aliphatic rings. The quantitative estimate of drug-likeness (QED) is 0.456. The molecular weight excluding hydrogens is 312 g/mol. The van der Waals surface area contributed by atoms with Crippen LogP contribution in [0.25, 0.3) is 0 Å². The molecule has 0 aliphatic heterocycles. The summed E-state index contributed by atoms with van der Waals surface area (Å²) in [5.41, 5.74) is 4.56. The van der Waals surface area contributed by atoms with Crippen molar-refractivity contribution < 1.29 is 19.8 Å². The van der Waals surface area contributed by atoms with Gasteiger partial charge in [-0.1, -0.05) is 36.4 Å². The Morgan fingerprint density at radius 3 is 1.29 bits per heavy atom. The molecule has 0 fully saturated rings. The molecule has 8 nitrogen and oxygen atoms in total. The Morgan fingerprint density at radius 1 is 0.667 bits per heavy atom. The summed E-state index contributed by atoms with van der Waals surface area (Å²) in [6.07, 6.45) is 0. The lowest BCUT2D eigenvalue weighted by molar-refractivity contribution is -0.131. The highest BCUT2D eigenvalue weighted by molar-refractivity contribution is 6.79. The molecular formula is C16H14N4O4. The van der Waals surface area contributed by atoms with Crippen molar-refractivity contribution in [1.29, 1.82) is 0 Å². The van der Waals surface area contributed by atoms with Crippen molar-refractivity contribution in [3.63, 3.8) is 0 Å². The molecule has 0 atom stereocenters. The first-order valence-electron chi connectivity index (χ1n) is 6.82. The van der Waals surface area contributed by atoms with Gasteiger partial charge in [-0.2, -0.15) is 10.2 Å². The normalized spacial score (nSPS) is 11.7. The molecule has 0 bridgehead atoms. The highest BCUT2D eigenvalue weighted by atomic mass is 16.4. The molecule has 24 heavy (non-hydrogen) atoms. The van der Waals surface area contributed by atoms with E-state index in [9.17, 15) is 19.8 Å². The van der Waals surface area contributed by atoms with Crippen LogP contribution in [-0.4, -0.2) is 33.6 Å². The van der Waals surface area contributed by atoms with Gasteiger partial charge in [-0.3, -0.25) is 10.9 Å². The van der Waals surface area contributed by atoms with E-state index in [2.05, 4.69) is 21.1 Å². The van der Waals surface area contributed by atoms with E-state index in [-0.39, 0.29) is 0 Å². The Labute approximate surface area is 137 Å². The first kappa shape index (κ1) is 16.7. The number of nitrogens with one attached hydrogen (secondary N) is 2. The van der Waals surface area contributed by atoms with Crippen LogP contribution in [0, 0.1) is 0 Å². The van der Waals surface area contributed by atoms with Gasteiger partial charge in [0.2, 0.25) is 11.4 Å². The number of aliphatic carboxylic acids is 2. The Morgan fingerprint density at radius 2 is 1.00 bits per heavy atom. The Bertz CT molecular complexity index is 706. The lowest BCUT2D eigenvalue weighted by atomic mass is 10.2. The van der Waals surface area contributed by atoms with E-state index in [1.807, 2.05) is 0 Å². The van der Waals surface area contributed by atoms with Gasteiger partial charge in [0.15, 0.2) is 0 Å². The van der Waals surface area contributed by atoms with Gasteiger partial charge in [0, 0.05) is 0 Å². The fourth-order valence-corrected chi connectivity index (χ4v) is 1.67. The van der Waals surface area contributed by atoms with Crippen LogP contribution in [0.2, 0.25) is 0 Å². The Balaban J connectivity index is 2.27. The third-order valence-electron chi connectivity index (χ3n) is 2.77. The highest BCUT2D eigenvalue weighted by Crippen LogP contribution is 2.06. The van der Waals surface area contributed by atoms with Gasteiger partial charge in [0.1, 0.15) is 0 Å². The van der Waals surface area contributed by atoms with Crippen LogP contribution in [-0.2, 0) is 9.59 Å². The van der Waals surface area contributed by atoms with E-state index in [0.29, 0.717) is 11.4 Å². The van der Waals surface area contributed by atoms with Gasteiger partial charge < -0.3 is 10.2 Å². The number of hydrogen-bond donors (Lipinski definition) is 4. The molecule has 0 saturated heterocycles. The number of carboxylic acid groups (broad SMARTS) is 2. The minimum absolute atomic E-state index is 0.511. The van der Waals surface area contributed by atoms with E-state index < -0.39 is 23.4 Å². The van der Waals surface area contributed by atoms with E-state index in [0.717, 1.165) is 0 Å². The number of anilines is 2. The molecule has 2 aromatic carbocycles. The topological polar surface area (TPSA) is 123 Å². The SMILES string of the molecule is O=C(O)C(=N/Nc1ccccc1)/C(=N\Nc1ccccc1)C(=O)O. The molecule has 0 amide bonds. The van der Waals surface area contributed by atoms with Crippen molar-refractivity contribution in [2.24, 2.45) is 10.2 Å². The number of nitrogens with zero attached hydrogens (tertiary/aromatic N) is 2.